The lowest BCUT2D eigenvalue weighted by Gasteiger charge is -2.15. The summed E-state index contributed by atoms with van der Waals surface area (Å²) in [4.78, 5) is 27.0. The average Bonchev–Trinajstić information content (AvgIpc) is 2.95. The fourth-order valence-electron chi connectivity index (χ4n) is 2.12. The smallest absolute Gasteiger partial charge is 0.326 e. The molecule has 0 radical (unpaired) electrons. The number of hydrogen-bond donors (Lipinski definition) is 2. The van der Waals surface area contributed by atoms with E-state index in [1.54, 1.807) is 0 Å². The van der Waals surface area contributed by atoms with Gasteiger partial charge in [-0.15, -0.1) is 0 Å². The molecule has 1 aromatic carbocycles. The first-order chi connectivity index (χ1) is 11.3. The van der Waals surface area contributed by atoms with Crippen LogP contribution in [0.4, 0.5) is 8.78 Å². The summed E-state index contributed by atoms with van der Waals surface area (Å²) >= 11 is 0. The van der Waals surface area contributed by atoms with Gasteiger partial charge in [0.1, 0.15) is 29.5 Å². The second kappa shape index (κ2) is 7.20. The van der Waals surface area contributed by atoms with Gasteiger partial charge in [-0.1, -0.05) is 19.9 Å². The van der Waals surface area contributed by atoms with Gasteiger partial charge in [-0.05, 0) is 24.5 Å². The minimum absolute atomic E-state index is 0.0479. The molecule has 0 aliphatic heterocycles. The summed E-state index contributed by atoms with van der Waals surface area (Å²) in [5.41, 5.74) is -0.754. The molecule has 0 saturated carbocycles. The van der Waals surface area contributed by atoms with E-state index in [2.05, 4.69) is 10.3 Å². The molecule has 0 bridgehead atoms. The maximum Gasteiger partial charge on any atom is 0.326 e. The third-order valence-corrected chi connectivity index (χ3v) is 3.22. The maximum absolute atomic E-state index is 13.7. The predicted octanol–water partition coefficient (Wildman–Crippen LogP) is 2.85. The molecule has 1 amide bonds. The van der Waals surface area contributed by atoms with Gasteiger partial charge in [0.25, 0.3) is 5.91 Å². The van der Waals surface area contributed by atoms with Crippen molar-refractivity contribution in [3.8, 4) is 11.5 Å². The highest BCUT2D eigenvalue weighted by Crippen LogP contribution is 2.25. The zero-order chi connectivity index (χ0) is 17.9. The third-order valence-electron chi connectivity index (χ3n) is 3.22. The Morgan fingerprint density at radius 1 is 1.29 bits per heavy atom. The van der Waals surface area contributed by atoms with Crippen LogP contribution in [0.1, 0.15) is 30.8 Å². The first kappa shape index (κ1) is 17.6. The Morgan fingerprint density at radius 2 is 1.92 bits per heavy atom. The molecule has 0 unspecified atom stereocenters. The highest BCUT2D eigenvalue weighted by molar-refractivity contribution is 5.95. The Morgan fingerprint density at radius 3 is 2.46 bits per heavy atom. The van der Waals surface area contributed by atoms with Gasteiger partial charge >= 0.3 is 5.97 Å². The SMILES string of the molecule is CC(C)C[C@H](NC(=O)c1coc(-c2c(F)cccc2F)n1)C(=O)O. The number of hydrogen-bond acceptors (Lipinski definition) is 4. The Kier molecular flexibility index (Phi) is 5.28. The minimum atomic E-state index is -1.18. The number of halogens is 2. The van der Waals surface area contributed by atoms with Crippen LogP contribution < -0.4 is 5.32 Å². The molecule has 1 aromatic heterocycles. The number of nitrogens with one attached hydrogen (secondary N) is 1. The lowest BCUT2D eigenvalue weighted by Crippen LogP contribution is -2.41. The first-order valence-corrected chi connectivity index (χ1v) is 7.23. The van der Waals surface area contributed by atoms with Crippen molar-refractivity contribution in [2.45, 2.75) is 26.3 Å². The molecule has 24 heavy (non-hydrogen) atoms. The summed E-state index contributed by atoms with van der Waals surface area (Å²) in [6.07, 6.45) is 1.15. The predicted molar refractivity (Wildman–Crippen MR) is 80.2 cm³/mol. The number of aromatic nitrogens is 1. The second-order valence-corrected chi connectivity index (χ2v) is 5.63. The van der Waals surface area contributed by atoms with Crippen LogP contribution in [0.2, 0.25) is 0 Å². The van der Waals surface area contributed by atoms with Crippen molar-refractivity contribution in [1.82, 2.24) is 10.3 Å². The van der Waals surface area contributed by atoms with Gasteiger partial charge in [0.05, 0.1) is 0 Å². The van der Waals surface area contributed by atoms with Gasteiger partial charge in [0, 0.05) is 0 Å². The molecule has 2 aromatic rings. The number of carboxylic acid groups (broad SMARTS) is 1. The number of nitrogens with zero attached hydrogens (tertiary/aromatic N) is 1. The quantitative estimate of drug-likeness (QED) is 0.845. The standard InChI is InChI=1S/C16H16F2N2O4/c1-8(2)6-11(16(22)23)19-14(21)12-7-24-15(20-12)13-9(17)4-3-5-10(13)18/h3-5,7-8,11H,6H2,1-2H3,(H,19,21)(H,22,23)/t11-/m0/s1. The molecule has 2 N–H and O–H groups in total. The van der Waals surface area contributed by atoms with Crippen molar-refractivity contribution >= 4 is 11.9 Å². The number of rotatable bonds is 6. The second-order valence-electron chi connectivity index (χ2n) is 5.63. The molecule has 8 heteroatoms. The summed E-state index contributed by atoms with van der Waals surface area (Å²) in [6.45, 7) is 3.63. The van der Waals surface area contributed by atoms with Crippen LogP contribution in [-0.4, -0.2) is 28.0 Å². The van der Waals surface area contributed by atoms with Crippen molar-refractivity contribution in [1.29, 1.82) is 0 Å². The van der Waals surface area contributed by atoms with Gasteiger partial charge in [-0.2, -0.15) is 0 Å². The molecule has 0 fully saturated rings. The van der Waals surface area contributed by atoms with Gasteiger partial charge in [-0.3, -0.25) is 4.79 Å². The fourth-order valence-corrected chi connectivity index (χ4v) is 2.12. The van der Waals surface area contributed by atoms with E-state index in [1.807, 2.05) is 13.8 Å². The molecule has 6 nitrogen and oxygen atoms in total. The molecule has 1 atom stereocenters. The Bertz CT molecular complexity index is 738. The summed E-state index contributed by atoms with van der Waals surface area (Å²) in [5.74, 6) is -4.09. The number of carboxylic acids is 1. The van der Waals surface area contributed by atoms with E-state index < -0.39 is 41.0 Å². The number of amides is 1. The molecule has 0 spiro atoms. The van der Waals surface area contributed by atoms with Gasteiger partial charge in [0.2, 0.25) is 5.89 Å². The minimum Gasteiger partial charge on any atom is -0.480 e. The largest absolute Gasteiger partial charge is 0.480 e. The van der Waals surface area contributed by atoms with Gasteiger partial charge in [-0.25, -0.2) is 18.6 Å². The van der Waals surface area contributed by atoms with Gasteiger partial charge in [0.15, 0.2) is 5.69 Å². The third kappa shape index (κ3) is 3.95. The van der Waals surface area contributed by atoms with Crippen LogP contribution in [0.25, 0.3) is 11.5 Å². The summed E-state index contributed by atoms with van der Waals surface area (Å²) in [5, 5.41) is 11.4. The van der Waals surface area contributed by atoms with Crippen LogP contribution in [0.15, 0.2) is 28.9 Å². The Labute approximate surface area is 136 Å². The van der Waals surface area contributed by atoms with Crippen molar-refractivity contribution in [3.05, 3.63) is 41.8 Å². The van der Waals surface area contributed by atoms with E-state index >= 15 is 0 Å². The number of carbonyl (C=O) groups is 2. The molecular formula is C16H16F2N2O4. The molecule has 1 heterocycles. The fraction of sp³-hybridized carbons (Fsp3) is 0.312. The molecule has 0 saturated heterocycles. The monoisotopic (exact) mass is 338 g/mol. The molecule has 128 valence electrons. The number of benzene rings is 1. The van der Waals surface area contributed by atoms with E-state index in [1.165, 1.54) is 6.07 Å². The lowest BCUT2D eigenvalue weighted by molar-refractivity contribution is -0.139. The topological polar surface area (TPSA) is 92.4 Å². The zero-order valence-corrected chi connectivity index (χ0v) is 13.0. The molecule has 0 aliphatic carbocycles. The lowest BCUT2D eigenvalue weighted by atomic mass is 10.0. The Balaban J connectivity index is 2.21. The van der Waals surface area contributed by atoms with E-state index in [-0.39, 0.29) is 18.0 Å². The van der Waals surface area contributed by atoms with Crippen LogP contribution in [0.5, 0.6) is 0 Å². The summed E-state index contributed by atoms with van der Waals surface area (Å²) in [7, 11) is 0. The van der Waals surface area contributed by atoms with Crippen molar-refractivity contribution in [3.63, 3.8) is 0 Å². The molecule has 0 aliphatic rings. The number of oxazole rings is 1. The number of aliphatic carboxylic acids is 1. The van der Waals surface area contributed by atoms with Crippen molar-refractivity contribution < 1.29 is 27.9 Å². The zero-order valence-electron chi connectivity index (χ0n) is 13.0. The normalized spacial score (nSPS) is 12.2. The first-order valence-electron chi connectivity index (χ1n) is 7.23. The van der Waals surface area contributed by atoms with Crippen LogP contribution >= 0.6 is 0 Å². The van der Waals surface area contributed by atoms with E-state index in [9.17, 15) is 18.4 Å². The molecule has 2 rings (SSSR count). The van der Waals surface area contributed by atoms with Crippen LogP contribution in [0, 0.1) is 17.6 Å². The summed E-state index contributed by atoms with van der Waals surface area (Å²) in [6, 6.07) is 2.16. The summed E-state index contributed by atoms with van der Waals surface area (Å²) < 4.78 is 32.3. The van der Waals surface area contributed by atoms with E-state index in [0.29, 0.717) is 0 Å². The number of carbonyl (C=O) groups excluding carboxylic acids is 1. The van der Waals surface area contributed by atoms with Crippen LogP contribution in [0.3, 0.4) is 0 Å². The highest BCUT2D eigenvalue weighted by Gasteiger charge is 2.24. The van der Waals surface area contributed by atoms with E-state index in [4.69, 9.17) is 9.52 Å². The molecular weight excluding hydrogens is 322 g/mol. The maximum atomic E-state index is 13.7. The van der Waals surface area contributed by atoms with Crippen LogP contribution in [-0.2, 0) is 4.79 Å². The average molecular weight is 338 g/mol. The van der Waals surface area contributed by atoms with Gasteiger partial charge < -0.3 is 14.8 Å². The van der Waals surface area contributed by atoms with Crippen molar-refractivity contribution in [2.75, 3.05) is 0 Å². The van der Waals surface area contributed by atoms with E-state index in [0.717, 1.165) is 18.4 Å². The highest BCUT2D eigenvalue weighted by atomic mass is 19.1. The van der Waals surface area contributed by atoms with Crippen molar-refractivity contribution in [2.24, 2.45) is 5.92 Å². The Hall–Kier alpha value is -2.77.